The van der Waals surface area contributed by atoms with Crippen LogP contribution in [0.2, 0.25) is 0 Å². The van der Waals surface area contributed by atoms with Gasteiger partial charge in [-0.1, -0.05) is 27.7 Å². The number of carboxylic acid groups (broad SMARTS) is 2. The van der Waals surface area contributed by atoms with Gasteiger partial charge >= 0.3 is 11.9 Å². The zero-order chi connectivity index (χ0) is 33.1. The van der Waals surface area contributed by atoms with Gasteiger partial charge in [0.2, 0.25) is 11.8 Å². The Morgan fingerprint density at radius 3 is 1.27 bits per heavy atom. The predicted octanol–water partition coefficient (Wildman–Crippen LogP) is 4.09. The second-order valence-corrected chi connectivity index (χ2v) is 12.7. The van der Waals surface area contributed by atoms with Crippen LogP contribution in [0.5, 0.6) is 23.0 Å². The molecule has 0 aromatic heterocycles. The minimum Gasteiger partial charge on any atom is -0.493 e. The van der Waals surface area contributed by atoms with E-state index in [1.54, 1.807) is 24.0 Å². The first-order valence-electron chi connectivity index (χ1n) is 14.9. The van der Waals surface area contributed by atoms with Gasteiger partial charge in [0.1, 0.15) is 0 Å². The molecule has 0 bridgehead atoms. The summed E-state index contributed by atoms with van der Waals surface area (Å²) in [6.07, 6.45) is -0.120. The SMILES string of the molecule is COc1cc2c(cc1OCC(C)(C)COc1cc3c(cc1OC)CN(C(=O)C[C@H](C)C(=O)O)C3)CN(C(=O)C[C@H](C)C(=O)O)C2. The monoisotopic (exact) mass is 626 g/mol. The Kier molecular flexibility index (Phi) is 10.1. The molecule has 45 heavy (non-hydrogen) atoms. The highest BCUT2D eigenvalue weighted by Gasteiger charge is 2.30. The number of hydrogen-bond donors (Lipinski definition) is 2. The van der Waals surface area contributed by atoms with Crippen molar-refractivity contribution in [1.29, 1.82) is 0 Å². The lowest BCUT2D eigenvalue weighted by Gasteiger charge is -2.26. The van der Waals surface area contributed by atoms with Crippen LogP contribution in [0.15, 0.2) is 24.3 Å². The first-order valence-corrected chi connectivity index (χ1v) is 14.9. The van der Waals surface area contributed by atoms with Gasteiger partial charge in [0.25, 0.3) is 0 Å². The van der Waals surface area contributed by atoms with Crippen LogP contribution in [0, 0.1) is 17.3 Å². The molecule has 2 heterocycles. The average molecular weight is 627 g/mol. The molecule has 0 radical (unpaired) electrons. The van der Waals surface area contributed by atoms with Crippen molar-refractivity contribution in [2.75, 3.05) is 27.4 Å². The number of amides is 2. The molecule has 2 N–H and O–H groups in total. The molecule has 2 amide bonds. The van der Waals surface area contributed by atoms with Crippen molar-refractivity contribution in [2.24, 2.45) is 17.3 Å². The topological polar surface area (TPSA) is 152 Å². The van der Waals surface area contributed by atoms with Crippen LogP contribution in [0.25, 0.3) is 0 Å². The van der Waals surface area contributed by atoms with Crippen molar-refractivity contribution in [3.63, 3.8) is 0 Å². The molecular weight excluding hydrogens is 584 g/mol. The fraction of sp³-hybridized carbons (Fsp3) is 0.515. The molecule has 2 aliphatic heterocycles. The van der Waals surface area contributed by atoms with Crippen molar-refractivity contribution < 1.29 is 48.3 Å². The number of fused-ring (bicyclic) bond motifs is 2. The number of methoxy groups -OCH3 is 2. The highest BCUT2D eigenvalue weighted by atomic mass is 16.5. The quantitative estimate of drug-likeness (QED) is 0.314. The van der Waals surface area contributed by atoms with Gasteiger partial charge in [-0.15, -0.1) is 0 Å². The van der Waals surface area contributed by atoms with Gasteiger partial charge in [-0.2, -0.15) is 0 Å². The molecule has 2 atom stereocenters. The molecule has 12 nitrogen and oxygen atoms in total. The summed E-state index contributed by atoms with van der Waals surface area (Å²) in [6.45, 7) is 9.12. The molecule has 2 aliphatic rings. The van der Waals surface area contributed by atoms with Crippen LogP contribution >= 0.6 is 0 Å². The summed E-state index contributed by atoms with van der Waals surface area (Å²) < 4.78 is 23.6. The first-order chi connectivity index (χ1) is 21.2. The average Bonchev–Trinajstić information content (AvgIpc) is 3.61. The van der Waals surface area contributed by atoms with Crippen LogP contribution in [0.4, 0.5) is 0 Å². The molecule has 2 aromatic carbocycles. The van der Waals surface area contributed by atoms with Gasteiger partial charge in [0.05, 0.1) is 39.3 Å². The molecule has 0 fully saturated rings. The second-order valence-electron chi connectivity index (χ2n) is 12.7. The Morgan fingerprint density at radius 1 is 0.667 bits per heavy atom. The molecule has 0 aliphatic carbocycles. The predicted molar refractivity (Wildman–Crippen MR) is 162 cm³/mol. The van der Waals surface area contributed by atoms with E-state index < -0.39 is 29.2 Å². The number of carbonyl (C=O) groups excluding carboxylic acids is 2. The smallest absolute Gasteiger partial charge is 0.306 e. The van der Waals surface area contributed by atoms with Crippen molar-refractivity contribution in [2.45, 2.75) is 66.7 Å². The first kappa shape index (κ1) is 33.4. The summed E-state index contributed by atoms with van der Waals surface area (Å²) >= 11 is 0. The summed E-state index contributed by atoms with van der Waals surface area (Å²) in [4.78, 5) is 51.0. The number of rotatable bonds is 14. The van der Waals surface area contributed by atoms with Gasteiger partial charge in [0, 0.05) is 44.4 Å². The zero-order valence-electron chi connectivity index (χ0n) is 26.7. The largest absolute Gasteiger partial charge is 0.493 e. The van der Waals surface area contributed by atoms with Crippen LogP contribution in [-0.2, 0) is 45.4 Å². The lowest BCUT2D eigenvalue weighted by molar-refractivity contribution is -0.145. The van der Waals surface area contributed by atoms with Crippen molar-refractivity contribution in [3.8, 4) is 23.0 Å². The number of hydrogen-bond acceptors (Lipinski definition) is 8. The van der Waals surface area contributed by atoms with Crippen LogP contribution in [0.3, 0.4) is 0 Å². The summed E-state index contributed by atoms with van der Waals surface area (Å²) in [5.74, 6) is -1.79. The van der Waals surface area contributed by atoms with Gasteiger partial charge < -0.3 is 39.0 Å². The molecule has 0 saturated heterocycles. The molecule has 244 valence electrons. The maximum Gasteiger partial charge on any atom is 0.306 e. The van der Waals surface area contributed by atoms with E-state index in [-0.39, 0.29) is 37.9 Å². The normalized spacial score (nSPS) is 15.2. The van der Waals surface area contributed by atoms with E-state index in [1.165, 1.54) is 13.8 Å². The highest BCUT2D eigenvalue weighted by molar-refractivity contribution is 5.83. The molecule has 0 unspecified atom stereocenters. The van der Waals surface area contributed by atoms with Crippen LogP contribution in [-0.4, -0.2) is 71.2 Å². The van der Waals surface area contributed by atoms with Crippen LogP contribution < -0.4 is 18.9 Å². The second kappa shape index (κ2) is 13.7. The number of carbonyl (C=O) groups is 4. The van der Waals surface area contributed by atoms with Crippen molar-refractivity contribution in [3.05, 3.63) is 46.5 Å². The Hall–Kier alpha value is -4.48. The number of nitrogens with zero attached hydrogens (tertiary/aromatic N) is 2. The Labute approximate surface area is 262 Å². The maximum absolute atomic E-state index is 12.7. The van der Waals surface area contributed by atoms with Gasteiger partial charge in [-0.25, -0.2) is 0 Å². The summed E-state index contributed by atoms with van der Waals surface area (Å²) in [7, 11) is 3.10. The number of ether oxygens (including phenoxy) is 4. The maximum atomic E-state index is 12.7. The number of aliphatic carboxylic acids is 2. The van der Waals surface area contributed by atoms with Gasteiger partial charge in [-0.3, -0.25) is 19.2 Å². The molecule has 2 aromatic rings. The van der Waals surface area contributed by atoms with E-state index in [0.29, 0.717) is 49.2 Å². The highest BCUT2D eigenvalue weighted by Crippen LogP contribution is 2.38. The lowest BCUT2D eigenvalue weighted by Crippen LogP contribution is -2.29. The fourth-order valence-corrected chi connectivity index (χ4v) is 5.25. The Bertz CT molecular complexity index is 1360. The van der Waals surface area contributed by atoms with E-state index in [0.717, 1.165) is 22.3 Å². The third-order valence-corrected chi connectivity index (χ3v) is 8.16. The molecular formula is C33H42N2O10. The Balaban J connectivity index is 1.37. The Morgan fingerprint density at radius 2 is 0.978 bits per heavy atom. The molecule has 0 spiro atoms. The van der Waals surface area contributed by atoms with E-state index in [2.05, 4.69) is 0 Å². The minimum absolute atomic E-state index is 0.0601. The minimum atomic E-state index is -0.999. The van der Waals surface area contributed by atoms with Gasteiger partial charge in [-0.05, 0) is 46.5 Å². The number of carboxylic acids is 2. The van der Waals surface area contributed by atoms with E-state index >= 15 is 0 Å². The summed E-state index contributed by atoms with van der Waals surface area (Å²) in [6, 6.07) is 7.45. The zero-order valence-corrected chi connectivity index (χ0v) is 26.7. The third kappa shape index (κ3) is 7.98. The fourth-order valence-electron chi connectivity index (χ4n) is 5.25. The third-order valence-electron chi connectivity index (χ3n) is 8.16. The molecule has 4 rings (SSSR count). The van der Waals surface area contributed by atoms with Crippen molar-refractivity contribution in [1.82, 2.24) is 9.80 Å². The van der Waals surface area contributed by atoms with Gasteiger partial charge in [0.15, 0.2) is 23.0 Å². The summed E-state index contributed by atoms with van der Waals surface area (Å²) in [5.41, 5.74) is 3.25. The van der Waals surface area contributed by atoms with Crippen LogP contribution in [0.1, 0.15) is 62.8 Å². The van der Waals surface area contributed by atoms with E-state index in [9.17, 15) is 19.2 Å². The standard InChI is InChI=1S/C33H42N2O10/c1-19(31(38)39)7-29(36)34-13-21-9-25(42-5)27(11-23(21)15-34)44-17-33(3,4)18-45-28-12-24-16-35(14-22(24)10-26(28)43-6)30(37)8-20(2)32(40)41/h9-12,19-20H,7-8,13-18H2,1-6H3,(H,38,39)(H,40,41)/t19-,20-/m0/s1. The van der Waals surface area contributed by atoms with Crippen molar-refractivity contribution >= 4 is 23.8 Å². The summed E-state index contributed by atoms with van der Waals surface area (Å²) in [5, 5.41) is 18.3. The lowest BCUT2D eigenvalue weighted by atomic mass is 9.96. The molecule has 12 heteroatoms. The van der Waals surface area contributed by atoms with E-state index in [4.69, 9.17) is 29.2 Å². The van der Waals surface area contributed by atoms with E-state index in [1.807, 2.05) is 38.1 Å². The number of benzene rings is 2. The molecule has 0 saturated carbocycles.